The Morgan fingerprint density at radius 1 is 1.16 bits per heavy atom. The van der Waals surface area contributed by atoms with Crippen LogP contribution in [-0.2, 0) is 9.59 Å². The van der Waals surface area contributed by atoms with E-state index in [0.29, 0.717) is 46.3 Å². The summed E-state index contributed by atoms with van der Waals surface area (Å²) in [4.78, 5) is 40.6. The molecule has 8 nitrogen and oxygen atoms in total. The molecule has 10 heteroatoms. The molecule has 32 heavy (non-hydrogen) atoms. The van der Waals surface area contributed by atoms with Gasteiger partial charge >= 0.3 is 0 Å². The number of H-pyrrole nitrogens is 1. The number of carbonyl (C=O) groups is 3. The summed E-state index contributed by atoms with van der Waals surface area (Å²) in [5, 5.41) is 19.2. The van der Waals surface area contributed by atoms with E-state index in [2.05, 4.69) is 27.0 Å². The van der Waals surface area contributed by atoms with E-state index in [-0.39, 0.29) is 23.9 Å². The first-order valence-corrected chi connectivity index (χ1v) is 11.4. The summed E-state index contributed by atoms with van der Waals surface area (Å²) in [6.45, 7) is 0.578. The Hall–Kier alpha value is -2.76. The molecule has 168 valence electrons. The minimum absolute atomic E-state index is 0.0986. The number of rotatable bonds is 8. The van der Waals surface area contributed by atoms with Gasteiger partial charge in [0.25, 0.3) is 5.91 Å². The van der Waals surface area contributed by atoms with E-state index in [1.165, 1.54) is 0 Å². The van der Waals surface area contributed by atoms with Crippen molar-refractivity contribution >= 4 is 51.8 Å². The van der Waals surface area contributed by atoms with E-state index < -0.39 is 23.9 Å². The number of hydrogen-bond acceptors (Lipinski definition) is 4. The highest BCUT2D eigenvalue weighted by atomic mass is 35.5. The van der Waals surface area contributed by atoms with Crippen molar-refractivity contribution in [2.75, 3.05) is 6.54 Å². The second-order valence-electron chi connectivity index (χ2n) is 8.41. The molecule has 3 atom stereocenters. The fourth-order valence-electron chi connectivity index (χ4n) is 4.00. The Bertz CT molecular complexity index is 1070. The molecule has 2 fully saturated rings. The number of benzene rings is 1. The summed E-state index contributed by atoms with van der Waals surface area (Å²) in [5.74, 6) is -0.922. The standard InChI is InChI=1S/C22H23Cl2N5O3/c23-15-3-4-16(24)19-14(15)9-18(28-19)22(32)29-17(7-11-1-2-11)21(31)27-13(10-25)8-12-5-6-26-20(12)30/h3-4,9,11-13,17,28H,1-2,5-8H2,(H,26,30)(H,27,31)(H,29,32)/t12-,13?,17-/m0/s1. The van der Waals surface area contributed by atoms with E-state index in [1.54, 1.807) is 18.2 Å². The Kier molecular flexibility index (Phi) is 6.58. The molecule has 4 N–H and O–H groups in total. The second kappa shape index (κ2) is 9.39. The molecule has 1 aromatic carbocycles. The van der Waals surface area contributed by atoms with Gasteiger partial charge in [0.15, 0.2) is 0 Å². The third kappa shape index (κ3) is 5.00. The van der Waals surface area contributed by atoms with Crippen LogP contribution < -0.4 is 16.0 Å². The number of carbonyl (C=O) groups excluding carboxylic acids is 3. The van der Waals surface area contributed by atoms with Crippen LogP contribution in [0.25, 0.3) is 10.9 Å². The lowest BCUT2D eigenvalue weighted by Gasteiger charge is -2.21. The summed E-state index contributed by atoms with van der Waals surface area (Å²) < 4.78 is 0. The number of aromatic amines is 1. The van der Waals surface area contributed by atoms with Gasteiger partial charge in [-0.25, -0.2) is 0 Å². The Balaban J connectivity index is 1.45. The number of amides is 3. The zero-order chi connectivity index (χ0) is 22.8. The monoisotopic (exact) mass is 475 g/mol. The molecule has 0 bridgehead atoms. The van der Waals surface area contributed by atoms with Crippen LogP contribution in [0, 0.1) is 23.2 Å². The minimum Gasteiger partial charge on any atom is -0.356 e. The van der Waals surface area contributed by atoms with Crippen molar-refractivity contribution < 1.29 is 14.4 Å². The molecule has 1 unspecified atom stereocenters. The molecule has 1 saturated carbocycles. The lowest BCUT2D eigenvalue weighted by Crippen LogP contribution is -2.50. The van der Waals surface area contributed by atoms with Gasteiger partial charge in [0, 0.05) is 17.8 Å². The molecular weight excluding hydrogens is 453 g/mol. The van der Waals surface area contributed by atoms with Crippen LogP contribution in [-0.4, -0.2) is 41.3 Å². The van der Waals surface area contributed by atoms with Crippen molar-refractivity contribution in [2.24, 2.45) is 11.8 Å². The molecule has 0 spiro atoms. The minimum atomic E-state index is -0.805. The summed E-state index contributed by atoms with van der Waals surface area (Å²) in [6.07, 6.45) is 3.38. The Morgan fingerprint density at radius 3 is 2.53 bits per heavy atom. The highest BCUT2D eigenvalue weighted by Crippen LogP contribution is 2.34. The van der Waals surface area contributed by atoms with E-state index in [0.717, 1.165) is 12.8 Å². The average molecular weight is 476 g/mol. The quantitative estimate of drug-likeness (QED) is 0.467. The topological polar surface area (TPSA) is 127 Å². The highest BCUT2D eigenvalue weighted by Gasteiger charge is 2.33. The van der Waals surface area contributed by atoms with Gasteiger partial charge in [0.05, 0.1) is 21.6 Å². The van der Waals surface area contributed by atoms with Crippen molar-refractivity contribution in [2.45, 2.75) is 44.2 Å². The molecule has 1 aromatic heterocycles. The van der Waals surface area contributed by atoms with Gasteiger partial charge in [-0.3, -0.25) is 14.4 Å². The predicted molar refractivity (Wildman–Crippen MR) is 120 cm³/mol. The van der Waals surface area contributed by atoms with Gasteiger partial charge in [-0.05, 0) is 43.4 Å². The van der Waals surface area contributed by atoms with E-state index in [9.17, 15) is 19.6 Å². The molecule has 2 aromatic rings. The van der Waals surface area contributed by atoms with Gasteiger partial charge in [-0.1, -0.05) is 36.0 Å². The van der Waals surface area contributed by atoms with E-state index >= 15 is 0 Å². The molecule has 3 amide bonds. The third-order valence-corrected chi connectivity index (χ3v) is 6.62. The maximum atomic E-state index is 12.9. The lowest BCUT2D eigenvalue weighted by atomic mass is 9.98. The smallest absolute Gasteiger partial charge is 0.268 e. The van der Waals surface area contributed by atoms with Crippen LogP contribution in [0.4, 0.5) is 0 Å². The van der Waals surface area contributed by atoms with Gasteiger partial charge in [-0.2, -0.15) is 5.26 Å². The fourth-order valence-corrected chi connectivity index (χ4v) is 4.42. The zero-order valence-electron chi connectivity index (χ0n) is 17.2. The summed E-state index contributed by atoms with van der Waals surface area (Å²) in [6, 6.07) is 5.35. The SMILES string of the molecule is N#CC(C[C@@H]1CCNC1=O)NC(=O)[C@H](CC1CC1)NC(=O)c1cc2c(Cl)ccc(Cl)c2[nH]1. The molecule has 1 aliphatic heterocycles. The molecule has 4 rings (SSSR count). The maximum absolute atomic E-state index is 12.9. The maximum Gasteiger partial charge on any atom is 0.268 e. The van der Waals surface area contributed by atoms with Crippen LogP contribution >= 0.6 is 23.2 Å². The van der Waals surface area contributed by atoms with Crippen molar-refractivity contribution in [1.82, 2.24) is 20.9 Å². The van der Waals surface area contributed by atoms with Crippen LogP contribution in [0.3, 0.4) is 0 Å². The van der Waals surface area contributed by atoms with Crippen LogP contribution in [0.15, 0.2) is 18.2 Å². The number of nitriles is 1. The first kappa shape index (κ1) is 22.4. The first-order valence-electron chi connectivity index (χ1n) is 10.6. The molecule has 2 aliphatic rings. The molecule has 2 heterocycles. The highest BCUT2D eigenvalue weighted by molar-refractivity contribution is 6.40. The number of nitrogens with one attached hydrogen (secondary N) is 4. The second-order valence-corrected chi connectivity index (χ2v) is 9.22. The number of fused-ring (bicyclic) bond motifs is 1. The normalized spacial score (nSPS) is 19.8. The van der Waals surface area contributed by atoms with Crippen molar-refractivity contribution in [3.8, 4) is 6.07 Å². The molecule has 0 radical (unpaired) electrons. The number of halogens is 2. The molecular formula is C22H23Cl2N5O3. The third-order valence-electron chi connectivity index (χ3n) is 5.98. The van der Waals surface area contributed by atoms with Crippen molar-refractivity contribution in [1.29, 1.82) is 5.26 Å². The Labute approximate surface area is 195 Å². The summed E-state index contributed by atoms with van der Waals surface area (Å²) in [7, 11) is 0. The van der Waals surface area contributed by atoms with Crippen LogP contribution in [0.2, 0.25) is 10.0 Å². The summed E-state index contributed by atoms with van der Waals surface area (Å²) in [5.41, 5.74) is 0.787. The van der Waals surface area contributed by atoms with Crippen LogP contribution in [0.1, 0.15) is 42.6 Å². The largest absolute Gasteiger partial charge is 0.356 e. The molecule has 1 saturated heterocycles. The van der Waals surface area contributed by atoms with E-state index in [1.807, 2.05) is 0 Å². The number of nitrogens with zero attached hydrogens (tertiary/aromatic N) is 1. The predicted octanol–water partition coefficient (Wildman–Crippen LogP) is 2.91. The van der Waals surface area contributed by atoms with Gasteiger partial charge < -0.3 is 20.9 Å². The molecule has 1 aliphatic carbocycles. The fraction of sp³-hybridized carbons (Fsp3) is 0.455. The zero-order valence-corrected chi connectivity index (χ0v) is 18.7. The van der Waals surface area contributed by atoms with Gasteiger partial charge in [0.1, 0.15) is 17.8 Å². The Morgan fingerprint density at radius 2 is 1.91 bits per heavy atom. The lowest BCUT2D eigenvalue weighted by molar-refractivity contribution is -0.125. The average Bonchev–Trinajstić information content (AvgIpc) is 3.31. The van der Waals surface area contributed by atoms with E-state index in [4.69, 9.17) is 23.2 Å². The van der Waals surface area contributed by atoms with Gasteiger partial charge in [0.2, 0.25) is 11.8 Å². The van der Waals surface area contributed by atoms with Crippen LogP contribution in [0.5, 0.6) is 0 Å². The number of hydrogen-bond donors (Lipinski definition) is 4. The summed E-state index contributed by atoms with van der Waals surface area (Å²) >= 11 is 12.4. The number of aromatic nitrogens is 1. The van der Waals surface area contributed by atoms with Crippen molar-refractivity contribution in [3.05, 3.63) is 33.9 Å². The van der Waals surface area contributed by atoms with Crippen molar-refractivity contribution in [3.63, 3.8) is 0 Å². The van der Waals surface area contributed by atoms with Gasteiger partial charge in [-0.15, -0.1) is 0 Å². The first-order chi connectivity index (χ1) is 15.4.